The van der Waals surface area contributed by atoms with Gasteiger partial charge in [0.2, 0.25) is 0 Å². The van der Waals surface area contributed by atoms with Crippen molar-refractivity contribution in [1.82, 2.24) is 9.97 Å². The average molecular weight is 377 g/mol. The molecule has 1 amide bonds. The Morgan fingerprint density at radius 3 is 2.48 bits per heavy atom. The first-order valence-corrected chi connectivity index (χ1v) is 9.79. The number of halogens is 1. The molecule has 0 bridgehead atoms. The number of carbonyl (C=O) groups is 1. The minimum absolute atomic E-state index is 0.0715. The Morgan fingerprint density at radius 1 is 1.16 bits per heavy atom. The summed E-state index contributed by atoms with van der Waals surface area (Å²) in [7, 11) is -3.39. The number of hydrogen-bond donors (Lipinski definition) is 1. The molecule has 0 fully saturated rings. The maximum Gasteiger partial charge on any atom is 0.275 e. The summed E-state index contributed by atoms with van der Waals surface area (Å²) < 4.78 is 35.7. The van der Waals surface area contributed by atoms with Gasteiger partial charge in [0.15, 0.2) is 14.9 Å². The molecular formula is C16H12FN3O3S2. The van der Waals surface area contributed by atoms with Crippen molar-refractivity contribution in [3.8, 4) is 10.6 Å². The third-order valence-electron chi connectivity index (χ3n) is 3.20. The number of thiazole rings is 1. The van der Waals surface area contributed by atoms with Crippen LogP contribution in [0.25, 0.3) is 10.6 Å². The molecule has 2 aromatic heterocycles. The van der Waals surface area contributed by atoms with Crippen LogP contribution in [0.3, 0.4) is 0 Å². The lowest BCUT2D eigenvalue weighted by Crippen LogP contribution is -2.12. The Morgan fingerprint density at radius 2 is 1.88 bits per heavy atom. The first-order chi connectivity index (χ1) is 11.8. The van der Waals surface area contributed by atoms with Crippen molar-refractivity contribution in [2.24, 2.45) is 0 Å². The highest BCUT2D eigenvalue weighted by Gasteiger charge is 2.13. The van der Waals surface area contributed by atoms with Crippen molar-refractivity contribution in [3.05, 3.63) is 59.5 Å². The van der Waals surface area contributed by atoms with Crippen molar-refractivity contribution in [2.45, 2.75) is 5.03 Å². The monoisotopic (exact) mass is 377 g/mol. The molecule has 9 heteroatoms. The lowest BCUT2D eigenvalue weighted by molar-refractivity contribution is 0.102. The van der Waals surface area contributed by atoms with Crippen molar-refractivity contribution in [2.75, 3.05) is 11.6 Å². The van der Waals surface area contributed by atoms with Crippen LogP contribution in [0.5, 0.6) is 0 Å². The summed E-state index contributed by atoms with van der Waals surface area (Å²) in [5.41, 5.74) is 1.27. The Labute approximate surface area is 147 Å². The minimum atomic E-state index is -3.39. The van der Waals surface area contributed by atoms with Crippen LogP contribution in [-0.4, -0.2) is 30.5 Å². The lowest BCUT2D eigenvalue weighted by atomic mass is 10.2. The molecule has 0 saturated carbocycles. The third kappa shape index (κ3) is 4.06. The Bertz CT molecular complexity index is 1010. The highest BCUT2D eigenvalue weighted by molar-refractivity contribution is 7.90. The maximum absolute atomic E-state index is 13.0. The van der Waals surface area contributed by atoms with Gasteiger partial charge in [0.05, 0.1) is 11.9 Å². The van der Waals surface area contributed by atoms with E-state index in [-0.39, 0.29) is 16.5 Å². The highest BCUT2D eigenvalue weighted by atomic mass is 32.2. The van der Waals surface area contributed by atoms with Crippen LogP contribution in [0.4, 0.5) is 10.1 Å². The molecule has 3 rings (SSSR count). The van der Waals surface area contributed by atoms with Crippen LogP contribution in [-0.2, 0) is 9.84 Å². The Hall–Kier alpha value is -2.65. The summed E-state index contributed by atoms with van der Waals surface area (Å²) in [6, 6.07) is 8.59. The maximum atomic E-state index is 13.0. The number of anilines is 1. The van der Waals surface area contributed by atoms with Crippen LogP contribution < -0.4 is 5.32 Å². The SMILES string of the molecule is CS(=O)(=O)c1ccc(NC(=O)c2csc(-c3ccc(F)cc3)n2)cn1. The highest BCUT2D eigenvalue weighted by Crippen LogP contribution is 2.24. The molecule has 6 nitrogen and oxygen atoms in total. The number of hydrogen-bond acceptors (Lipinski definition) is 6. The van der Waals surface area contributed by atoms with Gasteiger partial charge in [0.1, 0.15) is 16.5 Å². The second kappa shape index (κ2) is 6.69. The Kier molecular flexibility index (Phi) is 4.60. The molecule has 0 atom stereocenters. The van der Waals surface area contributed by atoms with Gasteiger partial charge in [-0.1, -0.05) is 0 Å². The van der Waals surface area contributed by atoms with Gasteiger partial charge in [-0.05, 0) is 36.4 Å². The van der Waals surface area contributed by atoms with E-state index in [0.717, 1.165) is 6.26 Å². The quantitative estimate of drug-likeness (QED) is 0.755. The zero-order valence-corrected chi connectivity index (χ0v) is 14.6. The molecule has 0 aliphatic carbocycles. The number of nitrogens with one attached hydrogen (secondary N) is 1. The molecule has 0 saturated heterocycles. The normalized spacial score (nSPS) is 11.3. The van der Waals surface area contributed by atoms with Crippen LogP contribution >= 0.6 is 11.3 Å². The van der Waals surface area contributed by atoms with E-state index < -0.39 is 15.7 Å². The zero-order valence-electron chi connectivity index (χ0n) is 12.9. The van der Waals surface area contributed by atoms with Crippen molar-refractivity contribution in [3.63, 3.8) is 0 Å². The van der Waals surface area contributed by atoms with Crippen LogP contribution in [0.2, 0.25) is 0 Å². The van der Waals surface area contributed by atoms with Gasteiger partial charge in [0.25, 0.3) is 5.91 Å². The standard InChI is InChI=1S/C16H12FN3O3S2/c1-25(22,23)14-7-6-12(8-18-14)19-15(21)13-9-24-16(20-13)10-2-4-11(17)5-3-10/h2-9H,1H3,(H,19,21). The topological polar surface area (TPSA) is 89.0 Å². The van der Waals surface area contributed by atoms with Crippen LogP contribution in [0, 0.1) is 5.82 Å². The molecule has 0 spiro atoms. The van der Waals surface area contributed by atoms with E-state index in [2.05, 4.69) is 15.3 Å². The molecule has 3 aromatic rings. The molecule has 128 valence electrons. The summed E-state index contributed by atoms with van der Waals surface area (Å²) in [5, 5.41) is 4.71. The summed E-state index contributed by atoms with van der Waals surface area (Å²) in [4.78, 5) is 20.3. The molecular weight excluding hydrogens is 365 g/mol. The van der Waals surface area contributed by atoms with Gasteiger partial charge in [0, 0.05) is 17.2 Å². The molecule has 0 aliphatic heterocycles. The minimum Gasteiger partial charge on any atom is -0.319 e. The molecule has 1 N–H and O–H groups in total. The number of rotatable bonds is 4. The lowest BCUT2D eigenvalue weighted by Gasteiger charge is -2.03. The van der Waals surface area contributed by atoms with E-state index >= 15 is 0 Å². The van der Waals surface area contributed by atoms with E-state index in [1.54, 1.807) is 17.5 Å². The first kappa shape index (κ1) is 17.2. The molecule has 2 heterocycles. The number of sulfone groups is 1. The fourth-order valence-corrected chi connectivity index (χ4v) is 3.34. The number of nitrogens with zero attached hydrogens (tertiary/aromatic N) is 2. The van der Waals surface area contributed by atoms with E-state index in [4.69, 9.17) is 0 Å². The van der Waals surface area contributed by atoms with E-state index in [9.17, 15) is 17.6 Å². The number of pyridine rings is 1. The molecule has 0 radical (unpaired) electrons. The fraction of sp³-hybridized carbons (Fsp3) is 0.0625. The summed E-state index contributed by atoms with van der Waals surface area (Å²) in [6.45, 7) is 0. The number of aromatic nitrogens is 2. The predicted molar refractivity (Wildman–Crippen MR) is 92.8 cm³/mol. The van der Waals surface area contributed by atoms with E-state index in [0.29, 0.717) is 16.3 Å². The first-order valence-electron chi connectivity index (χ1n) is 7.02. The van der Waals surface area contributed by atoms with Gasteiger partial charge in [-0.3, -0.25) is 4.79 Å². The fourth-order valence-electron chi connectivity index (χ4n) is 1.97. The van der Waals surface area contributed by atoms with E-state index in [1.807, 2.05) is 0 Å². The van der Waals surface area contributed by atoms with Gasteiger partial charge in [-0.15, -0.1) is 11.3 Å². The van der Waals surface area contributed by atoms with Crippen molar-refractivity contribution in [1.29, 1.82) is 0 Å². The third-order valence-corrected chi connectivity index (χ3v) is 5.09. The second-order valence-corrected chi connectivity index (χ2v) is 7.98. The van der Waals surface area contributed by atoms with Crippen molar-refractivity contribution >= 4 is 32.8 Å². The molecule has 1 aromatic carbocycles. The van der Waals surface area contributed by atoms with Gasteiger partial charge in [-0.2, -0.15) is 0 Å². The molecule has 0 unspecified atom stereocenters. The second-order valence-electron chi connectivity index (χ2n) is 5.16. The summed E-state index contributed by atoms with van der Waals surface area (Å²) in [5.74, 6) is -0.790. The van der Waals surface area contributed by atoms with Gasteiger partial charge >= 0.3 is 0 Å². The number of carbonyl (C=O) groups excluding carboxylic acids is 1. The van der Waals surface area contributed by atoms with Crippen LogP contribution in [0.15, 0.2) is 53.0 Å². The smallest absolute Gasteiger partial charge is 0.275 e. The largest absolute Gasteiger partial charge is 0.319 e. The van der Waals surface area contributed by atoms with Crippen molar-refractivity contribution < 1.29 is 17.6 Å². The number of amides is 1. The average Bonchev–Trinajstić information content (AvgIpc) is 3.05. The summed E-state index contributed by atoms with van der Waals surface area (Å²) >= 11 is 1.26. The van der Waals surface area contributed by atoms with Gasteiger partial charge < -0.3 is 5.32 Å². The molecule has 25 heavy (non-hydrogen) atoms. The van der Waals surface area contributed by atoms with Gasteiger partial charge in [-0.25, -0.2) is 22.8 Å². The number of benzene rings is 1. The predicted octanol–water partition coefficient (Wildman–Crippen LogP) is 3.00. The Balaban J connectivity index is 1.75. The molecule has 0 aliphatic rings. The van der Waals surface area contributed by atoms with Crippen LogP contribution in [0.1, 0.15) is 10.5 Å². The summed E-state index contributed by atoms with van der Waals surface area (Å²) in [6.07, 6.45) is 2.32. The zero-order chi connectivity index (χ0) is 18.0. The van der Waals surface area contributed by atoms with E-state index in [1.165, 1.54) is 41.8 Å².